The molecule has 2 saturated carbocycles. The van der Waals surface area contributed by atoms with Gasteiger partial charge in [0.2, 0.25) is 5.91 Å². The largest absolute Gasteiger partial charge is 0.359 e. The van der Waals surface area contributed by atoms with E-state index in [2.05, 4.69) is 21.3 Å². The highest BCUT2D eigenvalue weighted by atomic mass is 32.1. The average Bonchev–Trinajstić information content (AvgIpc) is 3.71. The van der Waals surface area contributed by atoms with Crippen LogP contribution in [0, 0.1) is 11.8 Å². The van der Waals surface area contributed by atoms with E-state index in [4.69, 9.17) is 12.2 Å². The number of hydrogen-bond acceptors (Lipinski definition) is 5. The predicted molar refractivity (Wildman–Crippen MR) is 138 cm³/mol. The van der Waals surface area contributed by atoms with Crippen molar-refractivity contribution in [1.82, 2.24) is 15.2 Å². The Morgan fingerprint density at radius 3 is 2.68 bits per heavy atom. The minimum atomic E-state index is -0.115. The zero-order chi connectivity index (χ0) is 23.8. The molecule has 0 aromatic carbocycles. The van der Waals surface area contributed by atoms with Gasteiger partial charge in [0.25, 0.3) is 11.5 Å². The molecule has 0 radical (unpaired) electrons. The van der Waals surface area contributed by atoms with Crippen molar-refractivity contribution in [1.29, 1.82) is 0 Å². The summed E-state index contributed by atoms with van der Waals surface area (Å²) in [6.07, 6.45) is 8.19. The molecule has 3 aliphatic carbocycles. The second kappa shape index (κ2) is 9.50. The van der Waals surface area contributed by atoms with Gasteiger partial charge >= 0.3 is 0 Å². The SMILES string of the molecule is Cn1ccc(NC(=S)N[C@H]2CCc3sc(NC(=O)C4CC4)c(C(=O)NCC4CC4)c3C2)cc1=O. The number of thiocarbonyl (C=S) groups is 1. The molecule has 0 bridgehead atoms. The maximum Gasteiger partial charge on any atom is 0.254 e. The van der Waals surface area contributed by atoms with Crippen LogP contribution in [0.1, 0.15) is 52.9 Å². The Morgan fingerprint density at radius 2 is 1.97 bits per heavy atom. The van der Waals surface area contributed by atoms with Crippen LogP contribution < -0.4 is 26.8 Å². The number of rotatable bonds is 7. The molecule has 0 saturated heterocycles. The van der Waals surface area contributed by atoms with Gasteiger partial charge in [-0.25, -0.2) is 0 Å². The first-order chi connectivity index (χ1) is 16.4. The van der Waals surface area contributed by atoms with Crippen LogP contribution in [0.4, 0.5) is 10.7 Å². The number of carbonyl (C=O) groups is 2. The molecule has 10 heteroatoms. The first-order valence-electron chi connectivity index (χ1n) is 11.8. The van der Waals surface area contributed by atoms with Gasteiger partial charge in [0.15, 0.2) is 5.11 Å². The van der Waals surface area contributed by atoms with Gasteiger partial charge in [0.05, 0.1) is 5.56 Å². The summed E-state index contributed by atoms with van der Waals surface area (Å²) in [5.74, 6) is 0.575. The maximum absolute atomic E-state index is 13.2. The monoisotopic (exact) mass is 499 g/mol. The second-order valence-electron chi connectivity index (χ2n) is 9.53. The molecule has 0 aliphatic heterocycles. The third-order valence-electron chi connectivity index (χ3n) is 6.62. The maximum atomic E-state index is 13.2. The lowest BCUT2D eigenvalue weighted by atomic mass is 9.91. The number of anilines is 2. The predicted octanol–water partition coefficient (Wildman–Crippen LogP) is 2.78. The van der Waals surface area contributed by atoms with Crippen molar-refractivity contribution in [2.75, 3.05) is 17.2 Å². The molecule has 180 valence electrons. The normalized spacial score (nSPS) is 19.1. The van der Waals surface area contributed by atoms with E-state index in [1.807, 2.05) is 0 Å². The summed E-state index contributed by atoms with van der Waals surface area (Å²) in [6.45, 7) is 0.686. The molecule has 2 aromatic heterocycles. The molecular weight excluding hydrogens is 470 g/mol. The molecule has 8 nitrogen and oxygen atoms in total. The Balaban J connectivity index is 1.30. The summed E-state index contributed by atoms with van der Waals surface area (Å²) in [5.41, 5.74) is 2.14. The number of aryl methyl sites for hydroxylation is 2. The third kappa shape index (κ3) is 5.33. The molecular formula is C24H29N5O3S2. The van der Waals surface area contributed by atoms with Crippen LogP contribution in [-0.2, 0) is 24.7 Å². The van der Waals surface area contributed by atoms with Gasteiger partial charge in [0, 0.05) is 48.4 Å². The van der Waals surface area contributed by atoms with Gasteiger partial charge in [0.1, 0.15) is 5.00 Å². The quantitative estimate of drug-likeness (QED) is 0.437. The Bertz CT molecular complexity index is 1200. The highest BCUT2D eigenvalue weighted by Crippen LogP contribution is 2.40. The number of nitrogens with one attached hydrogen (secondary N) is 4. The van der Waals surface area contributed by atoms with Gasteiger partial charge < -0.3 is 25.8 Å². The number of amides is 2. The standard InChI is InChI=1S/C24H29N5O3S2/c1-29-9-8-16(11-19(29)30)27-24(33)26-15-6-7-18-17(10-15)20(22(32)25-12-13-2-3-13)23(34-18)28-21(31)14-4-5-14/h8-9,11,13-15H,2-7,10,12H2,1H3,(H,25,32)(H,28,31)(H2,26,27,33)/t15-/m0/s1. The van der Waals surface area contributed by atoms with Gasteiger partial charge in [-0.1, -0.05) is 0 Å². The zero-order valence-corrected chi connectivity index (χ0v) is 20.7. The first-order valence-corrected chi connectivity index (χ1v) is 13.1. The summed E-state index contributed by atoms with van der Waals surface area (Å²) >= 11 is 7.02. The van der Waals surface area contributed by atoms with Crippen LogP contribution in [0.5, 0.6) is 0 Å². The van der Waals surface area contributed by atoms with Gasteiger partial charge in [-0.05, 0) is 74.7 Å². The fraction of sp³-hybridized carbons (Fsp3) is 0.500. The van der Waals surface area contributed by atoms with E-state index >= 15 is 0 Å². The van der Waals surface area contributed by atoms with Crippen molar-refractivity contribution >= 4 is 51.2 Å². The third-order valence-corrected chi connectivity index (χ3v) is 8.05. The van der Waals surface area contributed by atoms with Gasteiger partial charge in [-0.2, -0.15) is 0 Å². The fourth-order valence-corrected chi connectivity index (χ4v) is 5.75. The lowest BCUT2D eigenvalue weighted by Crippen LogP contribution is -2.41. The molecule has 0 spiro atoms. The van der Waals surface area contributed by atoms with E-state index in [-0.39, 0.29) is 29.3 Å². The van der Waals surface area contributed by atoms with E-state index in [1.54, 1.807) is 19.3 Å². The van der Waals surface area contributed by atoms with E-state index in [0.717, 1.165) is 49.0 Å². The number of nitrogens with zero attached hydrogens (tertiary/aromatic N) is 1. The second-order valence-corrected chi connectivity index (χ2v) is 11.0. The molecule has 1 atom stereocenters. The Kier molecular flexibility index (Phi) is 6.44. The molecule has 3 aliphatic rings. The number of hydrogen-bond donors (Lipinski definition) is 4. The van der Waals surface area contributed by atoms with Crippen LogP contribution in [-0.4, -0.2) is 34.1 Å². The topological polar surface area (TPSA) is 104 Å². The van der Waals surface area contributed by atoms with Crippen LogP contribution in [0.25, 0.3) is 0 Å². The summed E-state index contributed by atoms with van der Waals surface area (Å²) < 4.78 is 1.50. The van der Waals surface area contributed by atoms with Crippen molar-refractivity contribution in [2.24, 2.45) is 18.9 Å². The molecule has 2 fully saturated rings. The van der Waals surface area contributed by atoms with Gasteiger partial charge in [-0.3, -0.25) is 14.4 Å². The minimum absolute atomic E-state index is 0.0175. The van der Waals surface area contributed by atoms with E-state index < -0.39 is 0 Å². The number of aromatic nitrogens is 1. The summed E-state index contributed by atoms with van der Waals surface area (Å²) in [4.78, 5) is 38.7. The molecule has 2 heterocycles. The smallest absolute Gasteiger partial charge is 0.254 e. The zero-order valence-electron chi connectivity index (χ0n) is 19.1. The molecule has 4 N–H and O–H groups in total. The van der Waals surface area contributed by atoms with Crippen molar-refractivity contribution in [3.63, 3.8) is 0 Å². The van der Waals surface area contributed by atoms with E-state index in [0.29, 0.717) is 40.2 Å². The first kappa shape index (κ1) is 23.0. The summed E-state index contributed by atoms with van der Waals surface area (Å²) in [6, 6.07) is 3.35. The Labute approximate surface area is 207 Å². The molecule has 34 heavy (non-hydrogen) atoms. The van der Waals surface area contributed by atoms with Crippen molar-refractivity contribution in [2.45, 2.75) is 51.0 Å². The minimum Gasteiger partial charge on any atom is -0.359 e. The lowest BCUT2D eigenvalue weighted by molar-refractivity contribution is -0.117. The van der Waals surface area contributed by atoms with Gasteiger partial charge in [-0.15, -0.1) is 11.3 Å². The van der Waals surface area contributed by atoms with Crippen LogP contribution in [0.2, 0.25) is 0 Å². The van der Waals surface area contributed by atoms with Crippen LogP contribution >= 0.6 is 23.6 Å². The van der Waals surface area contributed by atoms with Crippen LogP contribution in [0.15, 0.2) is 23.1 Å². The summed E-state index contributed by atoms with van der Waals surface area (Å²) in [7, 11) is 1.70. The van der Waals surface area contributed by atoms with E-state index in [1.165, 1.54) is 22.0 Å². The average molecular weight is 500 g/mol. The van der Waals surface area contributed by atoms with Crippen molar-refractivity contribution in [3.8, 4) is 0 Å². The van der Waals surface area contributed by atoms with Crippen LogP contribution in [0.3, 0.4) is 0 Å². The molecule has 5 rings (SSSR count). The number of fused-ring (bicyclic) bond motifs is 1. The van der Waals surface area contributed by atoms with E-state index in [9.17, 15) is 14.4 Å². The highest BCUT2D eigenvalue weighted by molar-refractivity contribution is 7.80. The number of pyridine rings is 1. The van der Waals surface area contributed by atoms with Crippen molar-refractivity contribution in [3.05, 3.63) is 44.7 Å². The lowest BCUT2D eigenvalue weighted by Gasteiger charge is -2.25. The number of thiophene rings is 1. The summed E-state index contributed by atoms with van der Waals surface area (Å²) in [5, 5.41) is 13.7. The fourth-order valence-electron chi connectivity index (χ4n) is 4.22. The Hall–Kier alpha value is -2.72. The Morgan fingerprint density at radius 1 is 1.18 bits per heavy atom. The number of carbonyl (C=O) groups excluding carboxylic acids is 2. The molecule has 0 unspecified atom stereocenters. The molecule has 2 amide bonds. The van der Waals surface area contributed by atoms with Crippen molar-refractivity contribution < 1.29 is 9.59 Å². The highest BCUT2D eigenvalue weighted by Gasteiger charge is 2.34. The molecule has 2 aromatic rings.